The predicted molar refractivity (Wildman–Crippen MR) is 86.6 cm³/mol. The van der Waals surface area contributed by atoms with Gasteiger partial charge < -0.3 is 10.1 Å². The number of benzene rings is 1. The van der Waals surface area contributed by atoms with Crippen molar-refractivity contribution in [3.8, 4) is 5.75 Å². The molecule has 0 amide bonds. The van der Waals surface area contributed by atoms with Gasteiger partial charge in [0.25, 0.3) is 0 Å². The van der Waals surface area contributed by atoms with E-state index < -0.39 is 0 Å². The van der Waals surface area contributed by atoms with Crippen molar-refractivity contribution in [2.75, 3.05) is 13.1 Å². The summed E-state index contributed by atoms with van der Waals surface area (Å²) >= 11 is 3.63. The molecular weight excluding hydrogens is 326 g/mol. The Morgan fingerprint density at radius 2 is 2.16 bits per heavy atom. The van der Waals surface area contributed by atoms with E-state index >= 15 is 0 Å². The Morgan fingerprint density at radius 1 is 1.42 bits per heavy atom. The molecule has 0 aromatic heterocycles. The molecule has 2 rings (SSSR count). The van der Waals surface area contributed by atoms with Crippen molar-refractivity contribution in [3.63, 3.8) is 0 Å². The highest BCUT2D eigenvalue weighted by Crippen LogP contribution is 2.34. The van der Waals surface area contributed by atoms with Gasteiger partial charge in [-0.2, -0.15) is 0 Å². The topological polar surface area (TPSA) is 21.3 Å². The van der Waals surface area contributed by atoms with Gasteiger partial charge in [0.2, 0.25) is 0 Å². The second-order valence-corrected chi connectivity index (χ2v) is 6.47. The maximum atomic E-state index is 6.00. The van der Waals surface area contributed by atoms with Crippen molar-refractivity contribution in [1.29, 1.82) is 0 Å². The Kier molecular flexibility index (Phi) is 6.15. The third-order valence-corrected chi connectivity index (χ3v) is 4.53. The number of rotatable bonds is 4. The van der Waals surface area contributed by atoms with Gasteiger partial charge in [-0.05, 0) is 58.4 Å². The summed E-state index contributed by atoms with van der Waals surface area (Å²) in [6.45, 7) is 8.78. The molecule has 1 unspecified atom stereocenters. The maximum Gasteiger partial charge on any atom is 0.133 e. The molecule has 2 nitrogen and oxygen atoms in total. The van der Waals surface area contributed by atoms with Crippen LogP contribution in [0.4, 0.5) is 0 Å². The lowest BCUT2D eigenvalue weighted by Crippen LogP contribution is -2.20. The molecule has 0 aliphatic carbocycles. The highest BCUT2D eigenvalue weighted by molar-refractivity contribution is 9.10. The number of nitrogens with one attached hydrogen (secondary N) is 1. The molecular formula is C15H23BrClNO. The summed E-state index contributed by atoms with van der Waals surface area (Å²) < 4.78 is 7.06. The lowest BCUT2D eigenvalue weighted by Gasteiger charge is -2.24. The van der Waals surface area contributed by atoms with Crippen molar-refractivity contribution in [3.05, 3.63) is 28.2 Å². The van der Waals surface area contributed by atoms with Gasteiger partial charge in [0.15, 0.2) is 0 Å². The van der Waals surface area contributed by atoms with Gasteiger partial charge in [-0.25, -0.2) is 0 Å². The first kappa shape index (κ1) is 16.8. The molecule has 1 aliphatic heterocycles. The summed E-state index contributed by atoms with van der Waals surface area (Å²) in [5.74, 6) is 0.958. The molecule has 1 aliphatic rings. The minimum Gasteiger partial charge on any atom is -0.488 e. The molecule has 1 aromatic rings. The second-order valence-electron chi connectivity index (χ2n) is 5.62. The Bertz CT molecular complexity index is 417. The number of halogens is 2. The minimum absolute atomic E-state index is 0. The van der Waals surface area contributed by atoms with E-state index in [1.54, 1.807) is 0 Å². The van der Waals surface area contributed by atoms with E-state index in [2.05, 4.69) is 60.2 Å². The van der Waals surface area contributed by atoms with E-state index in [0.717, 1.165) is 36.2 Å². The quantitative estimate of drug-likeness (QED) is 0.876. The first-order valence-corrected chi connectivity index (χ1v) is 7.49. The molecule has 1 heterocycles. The fourth-order valence-electron chi connectivity index (χ4n) is 2.13. The van der Waals surface area contributed by atoms with Crippen LogP contribution in [-0.4, -0.2) is 19.2 Å². The SMILES string of the molecule is CCC(C)(C)c1ccc(OC2CCNC2)c(Br)c1.Cl. The Labute approximate surface area is 130 Å². The molecule has 1 N–H and O–H groups in total. The molecule has 0 radical (unpaired) electrons. The molecule has 1 atom stereocenters. The van der Waals surface area contributed by atoms with Crippen LogP contribution >= 0.6 is 28.3 Å². The molecule has 1 saturated heterocycles. The average molecular weight is 349 g/mol. The van der Waals surface area contributed by atoms with E-state index in [1.807, 2.05) is 0 Å². The van der Waals surface area contributed by atoms with Crippen LogP contribution in [0.1, 0.15) is 39.2 Å². The van der Waals surface area contributed by atoms with Crippen LogP contribution < -0.4 is 10.1 Å². The van der Waals surface area contributed by atoms with Crippen molar-refractivity contribution >= 4 is 28.3 Å². The molecule has 0 spiro atoms. The lowest BCUT2D eigenvalue weighted by atomic mass is 9.82. The van der Waals surface area contributed by atoms with Gasteiger partial charge in [0.05, 0.1) is 4.47 Å². The number of ether oxygens (including phenoxy) is 1. The van der Waals surface area contributed by atoms with Gasteiger partial charge in [-0.1, -0.05) is 26.8 Å². The zero-order chi connectivity index (χ0) is 13.2. The van der Waals surface area contributed by atoms with E-state index in [0.29, 0.717) is 6.10 Å². The first-order valence-electron chi connectivity index (χ1n) is 6.70. The lowest BCUT2D eigenvalue weighted by molar-refractivity contribution is 0.221. The van der Waals surface area contributed by atoms with Crippen LogP contribution in [0.2, 0.25) is 0 Å². The molecule has 19 heavy (non-hydrogen) atoms. The first-order chi connectivity index (χ1) is 8.53. The summed E-state index contributed by atoms with van der Waals surface area (Å²) in [6.07, 6.45) is 2.53. The van der Waals surface area contributed by atoms with Crippen LogP contribution in [-0.2, 0) is 5.41 Å². The summed E-state index contributed by atoms with van der Waals surface area (Å²) in [4.78, 5) is 0. The molecule has 1 fully saturated rings. The van der Waals surface area contributed by atoms with Gasteiger partial charge in [-0.3, -0.25) is 0 Å². The number of hydrogen-bond acceptors (Lipinski definition) is 2. The van der Waals surface area contributed by atoms with E-state index in [9.17, 15) is 0 Å². The Balaban J connectivity index is 0.00000180. The average Bonchev–Trinajstić information content (AvgIpc) is 2.84. The zero-order valence-electron chi connectivity index (χ0n) is 11.8. The Hall–Kier alpha value is -0.250. The third-order valence-electron chi connectivity index (χ3n) is 3.91. The van der Waals surface area contributed by atoms with Crippen molar-refractivity contribution in [2.45, 2.75) is 45.1 Å². The highest BCUT2D eigenvalue weighted by atomic mass is 79.9. The van der Waals surface area contributed by atoms with Crippen LogP contribution in [0.15, 0.2) is 22.7 Å². The van der Waals surface area contributed by atoms with Gasteiger partial charge in [0.1, 0.15) is 11.9 Å². The summed E-state index contributed by atoms with van der Waals surface area (Å²) in [6, 6.07) is 6.47. The Morgan fingerprint density at radius 3 is 2.68 bits per heavy atom. The van der Waals surface area contributed by atoms with E-state index in [4.69, 9.17) is 4.74 Å². The summed E-state index contributed by atoms with van der Waals surface area (Å²) in [5, 5.41) is 3.32. The summed E-state index contributed by atoms with van der Waals surface area (Å²) in [5.41, 5.74) is 1.57. The normalized spacial score (nSPS) is 19.1. The maximum absolute atomic E-state index is 6.00. The molecule has 1 aromatic carbocycles. The van der Waals surface area contributed by atoms with Gasteiger partial charge in [0, 0.05) is 6.54 Å². The van der Waals surface area contributed by atoms with Crippen molar-refractivity contribution in [2.24, 2.45) is 0 Å². The van der Waals surface area contributed by atoms with Crippen LogP contribution in [0.3, 0.4) is 0 Å². The molecule has 0 bridgehead atoms. The molecule has 108 valence electrons. The van der Waals surface area contributed by atoms with Crippen LogP contribution in [0.25, 0.3) is 0 Å². The third kappa shape index (κ3) is 4.11. The van der Waals surface area contributed by atoms with Crippen LogP contribution in [0, 0.1) is 0 Å². The number of hydrogen-bond donors (Lipinski definition) is 1. The fraction of sp³-hybridized carbons (Fsp3) is 0.600. The largest absolute Gasteiger partial charge is 0.488 e. The van der Waals surface area contributed by atoms with Gasteiger partial charge in [-0.15, -0.1) is 12.4 Å². The second kappa shape index (κ2) is 6.96. The van der Waals surface area contributed by atoms with E-state index in [-0.39, 0.29) is 17.8 Å². The molecule has 4 heteroatoms. The minimum atomic E-state index is 0. The molecule has 0 saturated carbocycles. The van der Waals surface area contributed by atoms with Crippen LogP contribution in [0.5, 0.6) is 5.75 Å². The predicted octanol–water partition coefficient (Wildman–Crippen LogP) is 4.30. The van der Waals surface area contributed by atoms with Crippen molar-refractivity contribution < 1.29 is 4.74 Å². The standard InChI is InChI=1S/C15H22BrNO.ClH/c1-4-15(2,3)11-5-6-14(13(16)9-11)18-12-7-8-17-10-12;/h5-6,9,12,17H,4,7-8,10H2,1-3H3;1H. The summed E-state index contributed by atoms with van der Waals surface area (Å²) in [7, 11) is 0. The zero-order valence-corrected chi connectivity index (χ0v) is 14.2. The monoisotopic (exact) mass is 347 g/mol. The smallest absolute Gasteiger partial charge is 0.133 e. The van der Waals surface area contributed by atoms with Crippen molar-refractivity contribution in [1.82, 2.24) is 5.32 Å². The fourth-order valence-corrected chi connectivity index (χ4v) is 2.60. The highest BCUT2D eigenvalue weighted by Gasteiger charge is 2.21. The van der Waals surface area contributed by atoms with E-state index in [1.165, 1.54) is 5.56 Å². The van der Waals surface area contributed by atoms with Gasteiger partial charge >= 0.3 is 0 Å².